The second-order valence-electron chi connectivity index (χ2n) is 16.2. The van der Waals surface area contributed by atoms with E-state index in [9.17, 15) is 0 Å². The molecule has 2 aromatic heterocycles. The lowest BCUT2D eigenvalue weighted by atomic mass is 9.82. The van der Waals surface area contributed by atoms with Gasteiger partial charge in [-0.05, 0) is 167 Å². The first-order chi connectivity index (χ1) is 24.7. The summed E-state index contributed by atoms with van der Waals surface area (Å²) in [6.45, 7) is 0. The fourth-order valence-corrected chi connectivity index (χ4v) is 10.6. The molecule has 3 fully saturated rings. The van der Waals surface area contributed by atoms with E-state index < -0.39 is 0 Å². The van der Waals surface area contributed by atoms with Crippen LogP contribution in [0.2, 0.25) is 0 Å². The van der Waals surface area contributed by atoms with Gasteiger partial charge >= 0.3 is 0 Å². The molecule has 11 rings (SSSR count). The number of aromatic nitrogens is 2. The highest BCUT2D eigenvalue weighted by atomic mass is 15.0. The van der Waals surface area contributed by atoms with E-state index in [0.717, 1.165) is 12.8 Å². The maximum atomic E-state index is 2.59. The molecule has 1 aromatic carbocycles. The smallest absolute Gasteiger partial charge is 0.0541 e. The lowest BCUT2D eigenvalue weighted by Crippen LogP contribution is -2.08. The quantitative estimate of drug-likeness (QED) is 0.261. The Bertz CT molecular complexity index is 2240. The SMILES string of the molecule is C1=Cc2c(c3c(n2-c2ccc(-n4c5c(c6c4/C=C\C4CCC/C(=C/6)C4)C=C4CCCC4C=C5)cc2)/C=C\C2CCC/C(=C/3)C2)C=C2CCC=C12. The van der Waals surface area contributed by atoms with Gasteiger partial charge in [-0.1, -0.05) is 65.3 Å². The van der Waals surface area contributed by atoms with Crippen LogP contribution in [0, 0.1) is 17.8 Å². The van der Waals surface area contributed by atoms with Crippen molar-refractivity contribution in [2.45, 2.75) is 83.5 Å². The molecule has 8 aliphatic carbocycles. The number of rotatable bonds is 2. The molecular weight excluding hydrogens is 605 g/mol. The minimum Gasteiger partial charge on any atom is -0.309 e. The van der Waals surface area contributed by atoms with Gasteiger partial charge in [0.1, 0.15) is 0 Å². The monoisotopic (exact) mass is 650 g/mol. The Hall–Kier alpha value is -4.56. The molecule has 3 saturated carbocycles. The summed E-state index contributed by atoms with van der Waals surface area (Å²) in [5.41, 5.74) is 21.3. The van der Waals surface area contributed by atoms with E-state index in [1.54, 1.807) is 16.7 Å². The topological polar surface area (TPSA) is 9.86 Å². The Morgan fingerprint density at radius 1 is 0.500 bits per heavy atom. The third-order valence-electron chi connectivity index (χ3n) is 13.1. The summed E-state index contributed by atoms with van der Waals surface area (Å²) in [7, 11) is 0. The maximum Gasteiger partial charge on any atom is 0.0541 e. The summed E-state index contributed by atoms with van der Waals surface area (Å²) < 4.78 is 5.12. The van der Waals surface area contributed by atoms with Crippen molar-refractivity contribution in [3.05, 3.63) is 128 Å². The van der Waals surface area contributed by atoms with Crippen molar-refractivity contribution in [2.75, 3.05) is 0 Å². The highest BCUT2D eigenvalue weighted by Crippen LogP contribution is 2.45. The van der Waals surface area contributed by atoms with Crippen LogP contribution in [0.5, 0.6) is 0 Å². The predicted molar refractivity (Wildman–Crippen MR) is 212 cm³/mol. The van der Waals surface area contributed by atoms with Gasteiger partial charge in [0.15, 0.2) is 0 Å². The first-order valence-corrected chi connectivity index (χ1v) is 19.6. The summed E-state index contributed by atoms with van der Waals surface area (Å²) in [6, 6.07) is 9.54. The average molecular weight is 651 g/mol. The molecule has 50 heavy (non-hydrogen) atoms. The molecule has 3 unspecified atom stereocenters. The highest BCUT2D eigenvalue weighted by molar-refractivity contribution is 5.87. The van der Waals surface area contributed by atoms with Crippen molar-refractivity contribution in [3.8, 4) is 11.4 Å². The van der Waals surface area contributed by atoms with Crippen molar-refractivity contribution in [3.63, 3.8) is 0 Å². The molecule has 0 amide bonds. The van der Waals surface area contributed by atoms with Gasteiger partial charge < -0.3 is 9.13 Å². The summed E-state index contributed by atoms with van der Waals surface area (Å²) in [4.78, 5) is 0. The van der Waals surface area contributed by atoms with Gasteiger partial charge in [-0.25, -0.2) is 0 Å². The molecule has 4 bridgehead atoms. The van der Waals surface area contributed by atoms with Crippen LogP contribution in [0.1, 0.15) is 129 Å². The fraction of sp³-hybridized carbons (Fsp3) is 0.333. The van der Waals surface area contributed by atoms with E-state index in [2.05, 4.69) is 112 Å². The van der Waals surface area contributed by atoms with Gasteiger partial charge in [0.05, 0.1) is 22.8 Å². The van der Waals surface area contributed by atoms with Crippen LogP contribution in [0.15, 0.2) is 82.5 Å². The Kier molecular flexibility index (Phi) is 6.71. The molecule has 3 aromatic rings. The van der Waals surface area contributed by atoms with Gasteiger partial charge in [-0.2, -0.15) is 0 Å². The first-order valence-electron chi connectivity index (χ1n) is 19.6. The number of hydrogen-bond donors (Lipinski definition) is 0. The Morgan fingerprint density at radius 2 is 1.06 bits per heavy atom. The Labute approximate surface area is 297 Å². The van der Waals surface area contributed by atoms with Gasteiger partial charge in [0.2, 0.25) is 0 Å². The van der Waals surface area contributed by atoms with E-state index in [1.807, 2.05) is 0 Å². The van der Waals surface area contributed by atoms with Crippen LogP contribution in [0.25, 0.3) is 60.0 Å². The van der Waals surface area contributed by atoms with E-state index in [4.69, 9.17) is 0 Å². The minimum atomic E-state index is 0.592. The molecule has 0 spiro atoms. The lowest BCUT2D eigenvalue weighted by molar-refractivity contribution is 0.498. The molecule has 2 heterocycles. The predicted octanol–water partition coefficient (Wildman–Crippen LogP) is 12.8. The third kappa shape index (κ3) is 4.67. The van der Waals surface area contributed by atoms with Gasteiger partial charge in [-0.15, -0.1) is 0 Å². The van der Waals surface area contributed by atoms with Gasteiger partial charge in [0.25, 0.3) is 0 Å². The maximum absolute atomic E-state index is 2.59. The fourth-order valence-electron chi connectivity index (χ4n) is 10.6. The summed E-state index contributed by atoms with van der Waals surface area (Å²) in [5, 5.41) is 0. The van der Waals surface area contributed by atoms with E-state index in [1.165, 1.54) is 138 Å². The second kappa shape index (κ2) is 11.5. The zero-order valence-corrected chi connectivity index (χ0v) is 29.1. The molecule has 0 N–H and O–H groups in total. The van der Waals surface area contributed by atoms with Crippen LogP contribution in [0.3, 0.4) is 0 Å². The van der Waals surface area contributed by atoms with Crippen LogP contribution in [0.4, 0.5) is 0 Å². The summed E-state index contributed by atoms with van der Waals surface area (Å²) >= 11 is 0. The normalized spacial score (nSPS) is 28.8. The molecule has 0 saturated heterocycles. The number of hydrogen-bond acceptors (Lipinski definition) is 0. The highest BCUT2D eigenvalue weighted by Gasteiger charge is 2.29. The van der Waals surface area contributed by atoms with E-state index >= 15 is 0 Å². The average Bonchev–Trinajstić information content (AvgIpc) is 3.85. The summed E-state index contributed by atoms with van der Waals surface area (Å²) in [6.07, 6.45) is 48.7. The molecule has 2 heteroatoms. The number of benzene rings is 1. The third-order valence-corrected chi connectivity index (χ3v) is 13.1. The number of fused-ring (bicyclic) bond motifs is 12. The van der Waals surface area contributed by atoms with Crippen molar-refractivity contribution in [1.82, 2.24) is 9.13 Å². The van der Waals surface area contributed by atoms with E-state index in [-0.39, 0.29) is 0 Å². The first kappa shape index (κ1) is 29.2. The van der Waals surface area contributed by atoms with Crippen LogP contribution in [-0.2, 0) is 0 Å². The molecule has 0 radical (unpaired) electrons. The van der Waals surface area contributed by atoms with Crippen LogP contribution < -0.4 is 0 Å². The lowest BCUT2D eigenvalue weighted by Gasteiger charge is -2.24. The van der Waals surface area contributed by atoms with Crippen LogP contribution in [-0.4, -0.2) is 9.13 Å². The molecule has 3 atom stereocenters. The largest absolute Gasteiger partial charge is 0.309 e. The number of allylic oxidation sites excluding steroid dienone is 10. The standard InChI is InChI=1S/C48H46N2/c1-5-31-13-21-45-41(27-33(7-1)25-31)43-29-37-11-3-9-35(37)15-23-47(43)49(45)39-17-19-40(20-18-39)50-46-22-14-32-6-2-8-34(26-32)28-42(46)44-30-38-12-4-10-36(38)16-24-48(44)50/h9,13-24,27-32,36H,1-8,10-12,25-26H2/b21-13-,22-14-,33-27-,34-28-. The molecule has 8 aliphatic rings. The van der Waals surface area contributed by atoms with Crippen LogP contribution >= 0.6 is 0 Å². The zero-order chi connectivity index (χ0) is 32.8. The molecule has 248 valence electrons. The van der Waals surface area contributed by atoms with Crippen molar-refractivity contribution in [1.29, 1.82) is 0 Å². The number of nitrogens with zero attached hydrogens (tertiary/aromatic N) is 2. The van der Waals surface area contributed by atoms with Gasteiger partial charge in [-0.3, -0.25) is 0 Å². The molecule has 0 aliphatic heterocycles. The molecule has 2 nitrogen and oxygen atoms in total. The van der Waals surface area contributed by atoms with E-state index in [0.29, 0.717) is 17.8 Å². The summed E-state index contributed by atoms with van der Waals surface area (Å²) in [5.74, 6) is 1.90. The molecular formula is C48H46N2. The van der Waals surface area contributed by atoms with Gasteiger partial charge in [0, 0.05) is 33.6 Å². The Balaban J connectivity index is 1.09. The second-order valence-corrected chi connectivity index (χ2v) is 16.2. The zero-order valence-electron chi connectivity index (χ0n) is 29.1. The van der Waals surface area contributed by atoms with Crippen molar-refractivity contribution in [2.24, 2.45) is 17.8 Å². The minimum absolute atomic E-state index is 0.592. The van der Waals surface area contributed by atoms with Crippen molar-refractivity contribution >= 4 is 48.6 Å². The van der Waals surface area contributed by atoms with Crippen molar-refractivity contribution < 1.29 is 0 Å². The Morgan fingerprint density at radius 3 is 1.72 bits per heavy atom.